The number of nitro benzene ring substituents is 1. The number of nitrogens with zero attached hydrogens (tertiary/aromatic N) is 2. The van der Waals surface area contributed by atoms with Gasteiger partial charge in [-0.2, -0.15) is 0 Å². The lowest BCUT2D eigenvalue weighted by molar-refractivity contribution is -0.384. The maximum absolute atomic E-state index is 13.1. The van der Waals surface area contributed by atoms with E-state index in [4.69, 9.17) is 14.2 Å². The molecule has 3 aromatic rings. The number of nitro groups is 1. The number of rotatable bonds is 7. The van der Waals surface area contributed by atoms with Gasteiger partial charge in [0.15, 0.2) is 11.5 Å². The number of benzene rings is 3. The molecule has 31 heavy (non-hydrogen) atoms. The number of para-hydroxylation sites is 1. The minimum Gasteiger partial charge on any atom is -0.493 e. The Morgan fingerprint density at radius 1 is 0.903 bits per heavy atom. The van der Waals surface area contributed by atoms with Crippen molar-refractivity contribution in [2.45, 2.75) is 12.1 Å². The Morgan fingerprint density at radius 3 is 2.32 bits per heavy atom. The number of methoxy groups -OCH3 is 2. The zero-order valence-corrected chi connectivity index (χ0v) is 16.9. The molecule has 2 atom stereocenters. The predicted molar refractivity (Wildman–Crippen MR) is 114 cm³/mol. The first-order chi connectivity index (χ1) is 15.0. The molecule has 8 nitrogen and oxygen atoms in total. The lowest BCUT2D eigenvalue weighted by Crippen LogP contribution is -2.61. The van der Waals surface area contributed by atoms with Gasteiger partial charge in [0.2, 0.25) is 6.10 Å². The SMILES string of the molecule is COc1ccc([C@@H]2[C@@H](Oc3ccccc3)C(=O)N2c2cccc([N+](=O)[O-])c2)cc1OC. The molecule has 0 bridgehead atoms. The molecule has 0 radical (unpaired) electrons. The maximum atomic E-state index is 13.1. The van der Waals surface area contributed by atoms with E-state index in [0.29, 0.717) is 22.9 Å². The third-order valence-electron chi connectivity index (χ3n) is 5.12. The van der Waals surface area contributed by atoms with E-state index in [2.05, 4.69) is 0 Å². The van der Waals surface area contributed by atoms with Crippen molar-refractivity contribution in [1.29, 1.82) is 0 Å². The van der Waals surface area contributed by atoms with Gasteiger partial charge in [0.1, 0.15) is 11.8 Å². The second-order valence-corrected chi connectivity index (χ2v) is 6.90. The predicted octanol–water partition coefficient (Wildman–Crippen LogP) is 4.15. The van der Waals surface area contributed by atoms with Crippen LogP contribution >= 0.6 is 0 Å². The average Bonchev–Trinajstić information content (AvgIpc) is 2.81. The Kier molecular flexibility index (Phi) is 5.44. The van der Waals surface area contributed by atoms with E-state index in [1.165, 1.54) is 24.1 Å². The number of hydrogen-bond donors (Lipinski definition) is 0. The van der Waals surface area contributed by atoms with E-state index in [0.717, 1.165) is 5.56 Å². The number of carbonyl (C=O) groups is 1. The third-order valence-corrected chi connectivity index (χ3v) is 5.12. The van der Waals surface area contributed by atoms with Crippen LogP contribution in [-0.4, -0.2) is 31.2 Å². The van der Waals surface area contributed by atoms with Gasteiger partial charge in [0, 0.05) is 12.1 Å². The molecule has 0 aliphatic carbocycles. The average molecular weight is 420 g/mol. The molecule has 8 heteroatoms. The summed E-state index contributed by atoms with van der Waals surface area (Å²) in [5, 5.41) is 11.2. The molecule has 1 amide bonds. The highest BCUT2D eigenvalue weighted by molar-refractivity contribution is 6.05. The summed E-state index contributed by atoms with van der Waals surface area (Å²) < 4.78 is 16.7. The number of ether oxygens (including phenoxy) is 3. The number of carbonyl (C=O) groups excluding carboxylic acids is 1. The zero-order valence-electron chi connectivity index (χ0n) is 16.9. The summed E-state index contributed by atoms with van der Waals surface area (Å²) in [6, 6.07) is 19.9. The number of hydrogen-bond acceptors (Lipinski definition) is 6. The van der Waals surface area contributed by atoms with Crippen LogP contribution in [0.5, 0.6) is 17.2 Å². The van der Waals surface area contributed by atoms with Crippen molar-refractivity contribution in [3.8, 4) is 17.2 Å². The molecule has 3 aromatic carbocycles. The monoisotopic (exact) mass is 420 g/mol. The van der Waals surface area contributed by atoms with Crippen LogP contribution in [0.15, 0.2) is 72.8 Å². The molecule has 1 saturated heterocycles. The highest BCUT2D eigenvalue weighted by Gasteiger charge is 2.51. The summed E-state index contributed by atoms with van der Waals surface area (Å²) in [5.74, 6) is 1.34. The van der Waals surface area contributed by atoms with E-state index in [9.17, 15) is 14.9 Å². The van der Waals surface area contributed by atoms with Gasteiger partial charge in [0.05, 0.1) is 24.8 Å². The van der Waals surface area contributed by atoms with Crippen molar-refractivity contribution in [1.82, 2.24) is 0 Å². The molecule has 4 rings (SSSR count). The summed E-state index contributed by atoms with van der Waals surface area (Å²) in [6.07, 6.45) is -0.792. The standard InChI is InChI=1S/C23H20N2O6/c1-29-19-12-11-15(13-20(19)30-2)21-22(31-18-9-4-3-5-10-18)23(26)24(21)16-7-6-8-17(14-16)25(27)28/h3-14,21-22H,1-2H3/t21-,22-/m1/s1. The molecule has 158 valence electrons. The molecule has 1 heterocycles. The van der Waals surface area contributed by atoms with Crippen LogP contribution in [0.25, 0.3) is 0 Å². The molecule has 0 N–H and O–H groups in total. The molecule has 0 saturated carbocycles. The molecule has 0 aromatic heterocycles. The van der Waals surface area contributed by atoms with Crippen LogP contribution in [0.4, 0.5) is 11.4 Å². The Hall–Kier alpha value is -4.07. The van der Waals surface area contributed by atoms with Crippen LogP contribution in [0.3, 0.4) is 0 Å². The van der Waals surface area contributed by atoms with Crippen molar-refractivity contribution >= 4 is 17.3 Å². The van der Waals surface area contributed by atoms with Gasteiger partial charge in [-0.15, -0.1) is 0 Å². The van der Waals surface area contributed by atoms with Gasteiger partial charge in [0.25, 0.3) is 11.6 Å². The molecule has 0 spiro atoms. The fraction of sp³-hybridized carbons (Fsp3) is 0.174. The normalized spacial score (nSPS) is 17.6. The maximum Gasteiger partial charge on any atom is 0.271 e. The topological polar surface area (TPSA) is 91.1 Å². The van der Waals surface area contributed by atoms with Gasteiger partial charge in [-0.25, -0.2) is 0 Å². The zero-order chi connectivity index (χ0) is 22.0. The van der Waals surface area contributed by atoms with Crippen molar-refractivity contribution in [3.05, 3.63) is 88.5 Å². The summed E-state index contributed by atoms with van der Waals surface area (Å²) in [4.78, 5) is 25.3. The fourth-order valence-electron chi connectivity index (χ4n) is 3.63. The largest absolute Gasteiger partial charge is 0.493 e. The molecule has 1 aliphatic heterocycles. The molecular formula is C23H20N2O6. The third kappa shape index (κ3) is 3.75. The van der Waals surface area contributed by atoms with E-state index < -0.39 is 17.1 Å². The van der Waals surface area contributed by atoms with Crippen LogP contribution in [0, 0.1) is 10.1 Å². The van der Waals surface area contributed by atoms with Gasteiger partial charge < -0.3 is 14.2 Å². The van der Waals surface area contributed by atoms with Crippen molar-refractivity contribution in [3.63, 3.8) is 0 Å². The fourth-order valence-corrected chi connectivity index (χ4v) is 3.63. The van der Waals surface area contributed by atoms with Crippen LogP contribution < -0.4 is 19.1 Å². The molecule has 0 unspecified atom stereocenters. The lowest BCUT2D eigenvalue weighted by Gasteiger charge is -2.46. The summed E-state index contributed by atoms with van der Waals surface area (Å²) in [7, 11) is 3.07. The second kappa shape index (κ2) is 8.35. The quantitative estimate of drug-likeness (QED) is 0.324. The Bertz CT molecular complexity index is 1120. The van der Waals surface area contributed by atoms with E-state index >= 15 is 0 Å². The van der Waals surface area contributed by atoms with Crippen molar-refractivity contribution in [2.75, 3.05) is 19.1 Å². The highest BCUT2D eigenvalue weighted by atomic mass is 16.6. The minimum absolute atomic E-state index is 0.0937. The summed E-state index contributed by atoms with van der Waals surface area (Å²) in [6.45, 7) is 0. The molecular weight excluding hydrogens is 400 g/mol. The number of non-ortho nitro benzene ring substituents is 1. The Morgan fingerprint density at radius 2 is 1.65 bits per heavy atom. The van der Waals surface area contributed by atoms with Crippen LogP contribution in [-0.2, 0) is 4.79 Å². The van der Waals surface area contributed by atoms with E-state index in [1.807, 2.05) is 24.3 Å². The smallest absolute Gasteiger partial charge is 0.271 e. The van der Waals surface area contributed by atoms with E-state index in [-0.39, 0.29) is 11.6 Å². The van der Waals surface area contributed by atoms with Crippen molar-refractivity contribution < 1.29 is 23.9 Å². The van der Waals surface area contributed by atoms with Gasteiger partial charge in [-0.3, -0.25) is 19.8 Å². The number of amides is 1. The summed E-state index contributed by atoms with van der Waals surface area (Å²) >= 11 is 0. The van der Waals surface area contributed by atoms with E-state index in [1.54, 1.807) is 43.5 Å². The first-order valence-electron chi connectivity index (χ1n) is 9.54. The Labute approximate surface area is 178 Å². The second-order valence-electron chi connectivity index (χ2n) is 6.90. The molecule has 1 aliphatic rings. The van der Waals surface area contributed by atoms with Crippen molar-refractivity contribution in [2.24, 2.45) is 0 Å². The Balaban J connectivity index is 1.75. The lowest BCUT2D eigenvalue weighted by atomic mass is 9.89. The molecule has 1 fully saturated rings. The number of β-lactam (4-membered cyclic amide) rings is 1. The van der Waals surface area contributed by atoms with Gasteiger partial charge >= 0.3 is 0 Å². The summed E-state index contributed by atoms with van der Waals surface area (Å²) in [5.41, 5.74) is 1.08. The first kappa shape index (κ1) is 20.2. The van der Waals surface area contributed by atoms with Crippen LogP contribution in [0.2, 0.25) is 0 Å². The number of anilines is 1. The first-order valence-corrected chi connectivity index (χ1v) is 9.54. The minimum atomic E-state index is -0.792. The highest BCUT2D eigenvalue weighted by Crippen LogP contribution is 2.44. The van der Waals surface area contributed by atoms with Gasteiger partial charge in [-0.1, -0.05) is 30.3 Å². The van der Waals surface area contributed by atoms with Crippen LogP contribution in [0.1, 0.15) is 11.6 Å². The van der Waals surface area contributed by atoms with Gasteiger partial charge in [-0.05, 0) is 35.9 Å².